The van der Waals surface area contributed by atoms with Crippen LogP contribution < -0.4 is 15.8 Å². The lowest BCUT2D eigenvalue weighted by molar-refractivity contribution is -0.139. The van der Waals surface area contributed by atoms with Crippen molar-refractivity contribution >= 4 is 11.9 Å². The number of methoxy groups -OCH3 is 1. The summed E-state index contributed by atoms with van der Waals surface area (Å²) in [7, 11) is 1.65. The molecule has 6 nitrogen and oxygen atoms in total. The molecule has 0 heterocycles. The van der Waals surface area contributed by atoms with Crippen LogP contribution in [-0.4, -0.2) is 24.1 Å². The van der Waals surface area contributed by atoms with Gasteiger partial charge < -0.3 is 20.9 Å². The number of carboxylic acids is 1. The van der Waals surface area contributed by atoms with Gasteiger partial charge in [0.25, 0.3) is 5.91 Å². The van der Waals surface area contributed by atoms with Crippen molar-refractivity contribution in [2.75, 3.05) is 7.11 Å². The normalized spacial score (nSPS) is 12.0. The Labute approximate surface area is 176 Å². The van der Waals surface area contributed by atoms with Gasteiger partial charge in [-0.05, 0) is 42.3 Å². The first kappa shape index (κ1) is 22.6. The van der Waals surface area contributed by atoms with Gasteiger partial charge in [-0.15, -0.1) is 0 Å². The Bertz CT molecular complexity index is 944. The molecule has 1 amide bonds. The maximum Gasteiger partial charge on any atom is 0.330 e. The molecule has 0 aliphatic rings. The molecule has 4 N–H and O–H groups in total. The Kier molecular flexibility index (Phi) is 8.59. The first-order valence-electron chi connectivity index (χ1n) is 9.45. The smallest absolute Gasteiger partial charge is 0.330 e. The van der Waals surface area contributed by atoms with E-state index in [1.54, 1.807) is 67.8 Å². The van der Waals surface area contributed by atoms with E-state index < -0.39 is 17.9 Å². The average molecular weight is 406 g/mol. The number of carboxylic acid groups (broad SMARTS) is 1. The van der Waals surface area contributed by atoms with Crippen LogP contribution in [0.4, 0.5) is 0 Å². The summed E-state index contributed by atoms with van der Waals surface area (Å²) in [5.74, 6) is -0.632. The van der Waals surface area contributed by atoms with Crippen molar-refractivity contribution in [3.63, 3.8) is 0 Å². The molecule has 156 valence electrons. The molecular formula is C24H26N2O4. The van der Waals surface area contributed by atoms with Gasteiger partial charge in [-0.25, -0.2) is 4.79 Å². The highest BCUT2D eigenvalue weighted by atomic mass is 16.5. The van der Waals surface area contributed by atoms with Crippen LogP contribution in [-0.2, 0) is 4.79 Å². The first-order valence-corrected chi connectivity index (χ1v) is 9.45. The van der Waals surface area contributed by atoms with Crippen LogP contribution >= 0.6 is 0 Å². The third-order valence-electron chi connectivity index (χ3n) is 4.31. The summed E-state index contributed by atoms with van der Waals surface area (Å²) in [6, 6.07) is 24.0. The van der Waals surface area contributed by atoms with Gasteiger partial charge in [0.2, 0.25) is 0 Å². The van der Waals surface area contributed by atoms with E-state index in [2.05, 4.69) is 5.32 Å². The van der Waals surface area contributed by atoms with E-state index in [4.69, 9.17) is 10.5 Å². The molecule has 2 atom stereocenters. The molecule has 0 aliphatic heterocycles. The van der Waals surface area contributed by atoms with Gasteiger partial charge in [-0.2, -0.15) is 0 Å². The van der Waals surface area contributed by atoms with Crippen LogP contribution in [0.25, 0.3) is 0 Å². The molecular weight excluding hydrogens is 380 g/mol. The summed E-state index contributed by atoms with van der Waals surface area (Å²) >= 11 is 0. The van der Waals surface area contributed by atoms with E-state index in [9.17, 15) is 14.7 Å². The van der Waals surface area contributed by atoms with Crippen LogP contribution in [0.1, 0.15) is 40.5 Å². The second kappa shape index (κ2) is 11.4. The average Bonchev–Trinajstić information content (AvgIpc) is 2.78. The predicted molar refractivity (Wildman–Crippen MR) is 116 cm³/mol. The number of amides is 1. The number of nitrogens with one attached hydrogen (secondary N) is 1. The molecule has 0 bridgehead atoms. The number of nitrogens with two attached hydrogens (primary N) is 1. The minimum Gasteiger partial charge on any atom is -0.497 e. The molecule has 30 heavy (non-hydrogen) atoms. The maximum absolute atomic E-state index is 12.0. The summed E-state index contributed by atoms with van der Waals surface area (Å²) < 4.78 is 5.05. The SMILES string of the molecule is COc1cccc([C@H](C)N)c1.O=C(N[C@H](C(=O)O)c1ccccc1)c1ccccc1. The summed E-state index contributed by atoms with van der Waals surface area (Å²) in [6.07, 6.45) is 0. The number of aliphatic carboxylic acids is 1. The zero-order valence-corrected chi connectivity index (χ0v) is 17.0. The molecule has 0 saturated carbocycles. The molecule has 0 aromatic heterocycles. The van der Waals surface area contributed by atoms with E-state index in [1.165, 1.54) is 0 Å². The number of hydrogen-bond acceptors (Lipinski definition) is 4. The lowest BCUT2D eigenvalue weighted by Crippen LogP contribution is -2.33. The van der Waals surface area contributed by atoms with E-state index >= 15 is 0 Å². The number of hydrogen-bond donors (Lipinski definition) is 3. The molecule has 0 spiro atoms. The van der Waals surface area contributed by atoms with E-state index in [0.717, 1.165) is 11.3 Å². The van der Waals surface area contributed by atoms with Gasteiger partial charge in [0.1, 0.15) is 5.75 Å². The van der Waals surface area contributed by atoms with Crippen molar-refractivity contribution in [3.8, 4) is 5.75 Å². The molecule has 0 unspecified atom stereocenters. The van der Waals surface area contributed by atoms with Crippen LogP contribution in [0, 0.1) is 0 Å². The van der Waals surface area contributed by atoms with Gasteiger partial charge in [0.05, 0.1) is 7.11 Å². The second-order valence-corrected chi connectivity index (χ2v) is 6.59. The minimum atomic E-state index is -1.09. The summed E-state index contributed by atoms with van der Waals surface area (Å²) in [5, 5.41) is 11.7. The van der Waals surface area contributed by atoms with Crippen molar-refractivity contribution in [3.05, 3.63) is 102 Å². The fourth-order valence-corrected chi connectivity index (χ4v) is 2.66. The molecule has 6 heteroatoms. The van der Waals surface area contributed by atoms with E-state index in [-0.39, 0.29) is 6.04 Å². The summed E-state index contributed by atoms with van der Waals surface area (Å²) in [6.45, 7) is 1.95. The van der Waals surface area contributed by atoms with Crippen LogP contribution in [0.3, 0.4) is 0 Å². The van der Waals surface area contributed by atoms with E-state index in [0.29, 0.717) is 11.1 Å². The highest BCUT2D eigenvalue weighted by Gasteiger charge is 2.22. The molecule has 3 aromatic carbocycles. The predicted octanol–water partition coefficient (Wildman–Crippen LogP) is 3.96. The van der Waals surface area contributed by atoms with Crippen molar-refractivity contribution in [1.29, 1.82) is 0 Å². The highest BCUT2D eigenvalue weighted by molar-refractivity contribution is 5.96. The molecule has 0 fully saturated rings. The molecule has 0 radical (unpaired) electrons. The Morgan fingerprint density at radius 3 is 2.00 bits per heavy atom. The number of carbonyl (C=O) groups excluding carboxylic acids is 1. The van der Waals surface area contributed by atoms with Gasteiger partial charge in [0, 0.05) is 11.6 Å². The van der Waals surface area contributed by atoms with Crippen molar-refractivity contribution < 1.29 is 19.4 Å². The zero-order valence-electron chi connectivity index (χ0n) is 17.0. The topological polar surface area (TPSA) is 102 Å². The van der Waals surface area contributed by atoms with Crippen LogP contribution in [0.15, 0.2) is 84.9 Å². The number of rotatable bonds is 6. The molecule has 3 aromatic rings. The largest absolute Gasteiger partial charge is 0.497 e. The Morgan fingerprint density at radius 2 is 1.47 bits per heavy atom. The van der Waals surface area contributed by atoms with Crippen molar-refractivity contribution in [2.45, 2.75) is 19.0 Å². The third-order valence-corrected chi connectivity index (χ3v) is 4.31. The standard InChI is InChI=1S/C15H13NO3.C9H13NO/c17-14(12-9-5-2-6-10-12)16-13(15(18)19)11-7-3-1-4-8-11;1-7(10)8-4-3-5-9(6-8)11-2/h1-10,13H,(H,16,17)(H,18,19);3-7H,10H2,1-2H3/t13-;7-/m00/s1. The minimum absolute atomic E-state index is 0.0742. The van der Waals surface area contributed by atoms with Crippen molar-refractivity contribution in [2.24, 2.45) is 5.73 Å². The number of carbonyl (C=O) groups is 2. The van der Waals surface area contributed by atoms with Crippen LogP contribution in [0.2, 0.25) is 0 Å². The zero-order chi connectivity index (χ0) is 21.9. The second-order valence-electron chi connectivity index (χ2n) is 6.59. The highest BCUT2D eigenvalue weighted by Crippen LogP contribution is 2.16. The summed E-state index contributed by atoms with van der Waals surface area (Å²) in [5.41, 5.74) is 7.76. The van der Waals surface area contributed by atoms with Gasteiger partial charge in [-0.1, -0.05) is 60.7 Å². The van der Waals surface area contributed by atoms with Crippen LogP contribution in [0.5, 0.6) is 5.75 Å². The quantitative estimate of drug-likeness (QED) is 0.575. The Hall–Kier alpha value is -3.64. The third kappa shape index (κ3) is 6.76. The fourth-order valence-electron chi connectivity index (χ4n) is 2.66. The van der Waals surface area contributed by atoms with Crippen molar-refractivity contribution in [1.82, 2.24) is 5.32 Å². The number of benzene rings is 3. The summed E-state index contributed by atoms with van der Waals surface area (Å²) in [4.78, 5) is 23.2. The Balaban J connectivity index is 0.000000248. The molecule has 0 aliphatic carbocycles. The van der Waals surface area contributed by atoms with Gasteiger partial charge in [-0.3, -0.25) is 4.79 Å². The van der Waals surface area contributed by atoms with E-state index in [1.807, 2.05) is 31.2 Å². The molecule has 3 rings (SSSR count). The maximum atomic E-state index is 12.0. The lowest BCUT2D eigenvalue weighted by atomic mass is 10.1. The van der Waals surface area contributed by atoms with Gasteiger partial charge in [0.15, 0.2) is 6.04 Å². The lowest BCUT2D eigenvalue weighted by Gasteiger charge is -2.14. The van der Waals surface area contributed by atoms with Gasteiger partial charge >= 0.3 is 5.97 Å². The fraction of sp³-hybridized carbons (Fsp3) is 0.167. The monoisotopic (exact) mass is 406 g/mol. The number of ether oxygens (including phenoxy) is 1. The Morgan fingerprint density at radius 1 is 0.900 bits per heavy atom. The molecule has 0 saturated heterocycles. The first-order chi connectivity index (χ1) is 14.4.